The molecule has 2 aromatic rings. The highest BCUT2D eigenvalue weighted by atomic mass is 16.4. The van der Waals surface area contributed by atoms with E-state index in [1.165, 1.54) is 17.3 Å². The van der Waals surface area contributed by atoms with Crippen molar-refractivity contribution >= 4 is 11.8 Å². The molecule has 0 N–H and O–H groups in total. The van der Waals surface area contributed by atoms with Gasteiger partial charge in [-0.25, -0.2) is 9.67 Å². The fraction of sp³-hybridized carbons (Fsp3) is 0.467. The topological polar surface area (TPSA) is 87.0 Å². The Morgan fingerprint density at radius 1 is 1.36 bits per heavy atom. The van der Waals surface area contributed by atoms with Crippen LogP contribution in [0.2, 0.25) is 0 Å². The Balaban J connectivity index is 1.50. The van der Waals surface area contributed by atoms with Crippen molar-refractivity contribution in [3.05, 3.63) is 35.3 Å². The SMILES string of the molecule is Cc1nc(N2CC3CC3C2)ccc1Cn1cc(C(=O)[O-])nn1. The van der Waals surface area contributed by atoms with E-state index in [2.05, 4.69) is 20.2 Å². The number of carbonyl (C=O) groups is 1. The van der Waals surface area contributed by atoms with Crippen molar-refractivity contribution in [1.82, 2.24) is 20.0 Å². The quantitative estimate of drug-likeness (QED) is 0.780. The maximum atomic E-state index is 10.7. The number of piperidine rings is 1. The van der Waals surface area contributed by atoms with Crippen LogP contribution in [0.25, 0.3) is 0 Å². The number of aryl methyl sites for hydroxylation is 1. The summed E-state index contributed by atoms with van der Waals surface area (Å²) in [6.07, 6.45) is 2.75. The first-order chi connectivity index (χ1) is 10.6. The Kier molecular flexibility index (Phi) is 2.88. The number of carboxylic acid groups (broad SMARTS) is 1. The third-order valence-electron chi connectivity index (χ3n) is 4.56. The van der Waals surface area contributed by atoms with Crippen LogP contribution in [0.1, 0.15) is 28.2 Å². The van der Waals surface area contributed by atoms with Gasteiger partial charge in [0.15, 0.2) is 0 Å². The molecule has 1 saturated heterocycles. The summed E-state index contributed by atoms with van der Waals surface area (Å²) in [6.45, 7) is 4.65. The van der Waals surface area contributed by atoms with Crippen LogP contribution in [-0.4, -0.2) is 39.0 Å². The molecule has 4 rings (SSSR count). The molecule has 2 aliphatic rings. The Morgan fingerprint density at radius 3 is 2.77 bits per heavy atom. The summed E-state index contributed by atoms with van der Waals surface area (Å²) in [5.74, 6) is 1.46. The number of carboxylic acids is 1. The van der Waals surface area contributed by atoms with E-state index in [1.807, 2.05) is 19.1 Å². The first kappa shape index (κ1) is 13.2. The second kappa shape index (κ2) is 4.79. The molecule has 1 aliphatic heterocycles. The standard InChI is InChI=1S/C15H17N5O2/c1-9-10(7-20-8-13(15(21)22)17-18-20)2-3-14(16-9)19-5-11-4-12(11)6-19/h2-3,8,11-12H,4-7H2,1H3,(H,21,22)/p-1. The lowest BCUT2D eigenvalue weighted by Crippen LogP contribution is -2.23. The van der Waals surface area contributed by atoms with Crippen molar-refractivity contribution in [2.45, 2.75) is 19.9 Å². The molecule has 0 aromatic carbocycles. The predicted octanol–water partition coefficient (Wildman–Crippen LogP) is -0.151. The Labute approximate surface area is 127 Å². The molecular formula is C15H16N5O2-. The lowest BCUT2D eigenvalue weighted by atomic mass is 10.2. The normalized spacial score (nSPS) is 22.7. The highest BCUT2D eigenvalue weighted by Crippen LogP contribution is 2.45. The molecule has 2 unspecified atom stereocenters. The molecule has 0 amide bonds. The lowest BCUT2D eigenvalue weighted by Gasteiger charge is -2.20. The van der Waals surface area contributed by atoms with E-state index in [9.17, 15) is 9.90 Å². The Morgan fingerprint density at radius 2 is 2.14 bits per heavy atom. The number of carbonyl (C=O) groups excluding carboxylic acids is 1. The molecule has 0 bridgehead atoms. The first-order valence-corrected chi connectivity index (χ1v) is 7.43. The van der Waals surface area contributed by atoms with Crippen molar-refractivity contribution in [3.8, 4) is 0 Å². The molecule has 0 radical (unpaired) electrons. The maximum Gasteiger partial charge on any atom is 0.128 e. The monoisotopic (exact) mass is 298 g/mol. The van der Waals surface area contributed by atoms with Crippen LogP contribution in [0, 0.1) is 18.8 Å². The van der Waals surface area contributed by atoms with Gasteiger partial charge in [0.25, 0.3) is 0 Å². The van der Waals surface area contributed by atoms with Crippen LogP contribution < -0.4 is 10.0 Å². The summed E-state index contributed by atoms with van der Waals surface area (Å²) in [5, 5.41) is 18.1. The summed E-state index contributed by atoms with van der Waals surface area (Å²) in [7, 11) is 0. The van der Waals surface area contributed by atoms with Crippen molar-refractivity contribution in [3.63, 3.8) is 0 Å². The average Bonchev–Trinajstić information content (AvgIpc) is 2.89. The summed E-state index contributed by atoms with van der Waals surface area (Å²) >= 11 is 0. The van der Waals surface area contributed by atoms with Gasteiger partial charge in [-0.05, 0) is 36.8 Å². The zero-order chi connectivity index (χ0) is 15.3. The van der Waals surface area contributed by atoms with Crippen LogP contribution in [-0.2, 0) is 6.54 Å². The minimum Gasteiger partial charge on any atom is -0.543 e. The van der Waals surface area contributed by atoms with Crippen molar-refractivity contribution < 1.29 is 9.90 Å². The van der Waals surface area contributed by atoms with E-state index in [-0.39, 0.29) is 5.69 Å². The highest BCUT2D eigenvalue weighted by molar-refractivity contribution is 5.82. The number of anilines is 1. The zero-order valence-corrected chi connectivity index (χ0v) is 12.3. The lowest BCUT2D eigenvalue weighted by molar-refractivity contribution is -0.255. The molecule has 2 aromatic heterocycles. The van der Waals surface area contributed by atoms with E-state index in [0.717, 1.165) is 42.0 Å². The van der Waals surface area contributed by atoms with Crippen LogP contribution in [0.15, 0.2) is 18.3 Å². The molecule has 1 aliphatic carbocycles. The third kappa shape index (κ3) is 2.32. The number of aromatic nitrogens is 4. The molecule has 3 heterocycles. The van der Waals surface area contributed by atoms with E-state index in [4.69, 9.17) is 0 Å². The smallest absolute Gasteiger partial charge is 0.128 e. The summed E-state index contributed by atoms with van der Waals surface area (Å²) in [6, 6.07) is 4.06. The van der Waals surface area contributed by atoms with Crippen molar-refractivity contribution in [2.24, 2.45) is 11.8 Å². The minimum atomic E-state index is -1.32. The summed E-state index contributed by atoms with van der Waals surface area (Å²) < 4.78 is 1.49. The van der Waals surface area contributed by atoms with Crippen molar-refractivity contribution in [1.29, 1.82) is 0 Å². The van der Waals surface area contributed by atoms with Gasteiger partial charge in [0, 0.05) is 18.8 Å². The van der Waals surface area contributed by atoms with Gasteiger partial charge in [-0.3, -0.25) is 0 Å². The van der Waals surface area contributed by atoms with Crippen LogP contribution in [0.5, 0.6) is 0 Å². The van der Waals surface area contributed by atoms with Crippen LogP contribution in [0.3, 0.4) is 0 Å². The van der Waals surface area contributed by atoms with Gasteiger partial charge < -0.3 is 14.8 Å². The first-order valence-electron chi connectivity index (χ1n) is 7.43. The molecule has 2 fully saturated rings. The minimum absolute atomic E-state index is 0.154. The summed E-state index contributed by atoms with van der Waals surface area (Å²) in [4.78, 5) is 17.7. The number of nitrogens with zero attached hydrogens (tertiary/aromatic N) is 5. The van der Waals surface area contributed by atoms with Crippen molar-refractivity contribution in [2.75, 3.05) is 18.0 Å². The highest BCUT2D eigenvalue weighted by Gasteiger charge is 2.45. The Hall–Kier alpha value is -2.44. The van der Waals surface area contributed by atoms with E-state index in [0.29, 0.717) is 6.54 Å². The second-order valence-corrected chi connectivity index (χ2v) is 6.16. The molecule has 2 atom stereocenters. The zero-order valence-electron chi connectivity index (χ0n) is 12.3. The van der Waals surface area contributed by atoms with Gasteiger partial charge in [0.1, 0.15) is 11.5 Å². The molecule has 7 heteroatoms. The van der Waals surface area contributed by atoms with Gasteiger partial charge in [-0.2, -0.15) is 0 Å². The second-order valence-electron chi connectivity index (χ2n) is 6.16. The molecule has 114 valence electrons. The molecule has 0 spiro atoms. The molecular weight excluding hydrogens is 282 g/mol. The van der Waals surface area contributed by atoms with Crippen LogP contribution in [0.4, 0.5) is 5.82 Å². The van der Waals surface area contributed by atoms with Gasteiger partial charge in [0.2, 0.25) is 0 Å². The number of fused-ring (bicyclic) bond motifs is 1. The van der Waals surface area contributed by atoms with Gasteiger partial charge in [-0.1, -0.05) is 11.3 Å². The van der Waals surface area contributed by atoms with Gasteiger partial charge >= 0.3 is 0 Å². The average molecular weight is 298 g/mol. The molecule has 7 nitrogen and oxygen atoms in total. The maximum absolute atomic E-state index is 10.7. The summed E-state index contributed by atoms with van der Waals surface area (Å²) in [5.41, 5.74) is 1.78. The fourth-order valence-corrected chi connectivity index (χ4v) is 3.15. The largest absolute Gasteiger partial charge is 0.543 e. The number of aromatic carboxylic acids is 1. The number of hydrogen-bond donors (Lipinski definition) is 0. The predicted molar refractivity (Wildman–Crippen MR) is 76.2 cm³/mol. The number of hydrogen-bond acceptors (Lipinski definition) is 6. The molecule has 1 saturated carbocycles. The van der Waals surface area contributed by atoms with Crippen LogP contribution >= 0.6 is 0 Å². The van der Waals surface area contributed by atoms with Gasteiger partial charge in [0.05, 0.1) is 18.7 Å². The molecule has 22 heavy (non-hydrogen) atoms. The van der Waals surface area contributed by atoms with E-state index >= 15 is 0 Å². The number of pyridine rings is 1. The fourth-order valence-electron chi connectivity index (χ4n) is 3.15. The number of rotatable bonds is 4. The van der Waals surface area contributed by atoms with Gasteiger partial charge in [-0.15, -0.1) is 5.10 Å². The third-order valence-corrected chi connectivity index (χ3v) is 4.56. The van der Waals surface area contributed by atoms with E-state index < -0.39 is 5.97 Å². The van der Waals surface area contributed by atoms with E-state index in [1.54, 1.807) is 0 Å². The Bertz CT molecular complexity index is 731.